The highest BCUT2D eigenvalue weighted by Gasteiger charge is 2.29. The van der Waals surface area contributed by atoms with E-state index in [1.54, 1.807) is 36.4 Å². The number of hydrogen-bond acceptors (Lipinski definition) is 5. The van der Waals surface area contributed by atoms with E-state index < -0.39 is 6.10 Å². The summed E-state index contributed by atoms with van der Waals surface area (Å²) in [6, 6.07) is 12.6. The van der Waals surface area contributed by atoms with Crippen LogP contribution in [-0.4, -0.2) is 37.3 Å². The van der Waals surface area contributed by atoms with Gasteiger partial charge in [0, 0.05) is 30.5 Å². The minimum Gasteiger partial charge on any atom is -0.382 e. The molecular formula is C19H18FN3O4. The number of ether oxygens (including phenoxy) is 1. The number of carbonyl (C=O) groups is 2. The van der Waals surface area contributed by atoms with Gasteiger partial charge in [-0.2, -0.15) is 0 Å². The SMILES string of the molecule is COCC(=O)Nc1ccc(NC(=O)C2CC(c3cccc(F)c3)=NO2)cc1. The van der Waals surface area contributed by atoms with Crippen LogP contribution in [0.15, 0.2) is 53.7 Å². The molecule has 7 nitrogen and oxygen atoms in total. The van der Waals surface area contributed by atoms with E-state index in [0.29, 0.717) is 22.6 Å². The lowest BCUT2D eigenvalue weighted by atomic mass is 10.0. The summed E-state index contributed by atoms with van der Waals surface area (Å²) in [7, 11) is 1.44. The molecule has 0 saturated heterocycles. The number of nitrogens with one attached hydrogen (secondary N) is 2. The average Bonchev–Trinajstić information content (AvgIpc) is 3.14. The normalized spacial score (nSPS) is 15.6. The summed E-state index contributed by atoms with van der Waals surface area (Å²) >= 11 is 0. The maximum Gasteiger partial charge on any atom is 0.268 e. The minimum atomic E-state index is -0.788. The van der Waals surface area contributed by atoms with Gasteiger partial charge in [-0.1, -0.05) is 17.3 Å². The second-order valence-corrected chi connectivity index (χ2v) is 5.89. The van der Waals surface area contributed by atoms with E-state index in [1.807, 2.05) is 0 Å². The van der Waals surface area contributed by atoms with Crippen LogP contribution >= 0.6 is 0 Å². The van der Waals surface area contributed by atoms with Gasteiger partial charge in [0.15, 0.2) is 0 Å². The van der Waals surface area contributed by atoms with Gasteiger partial charge in [0.05, 0.1) is 5.71 Å². The predicted molar refractivity (Wildman–Crippen MR) is 98.0 cm³/mol. The quantitative estimate of drug-likeness (QED) is 0.817. The molecule has 3 rings (SSSR count). The Hall–Kier alpha value is -3.26. The number of hydrogen-bond donors (Lipinski definition) is 2. The van der Waals surface area contributed by atoms with Gasteiger partial charge >= 0.3 is 0 Å². The Bertz CT molecular complexity index is 868. The van der Waals surface area contributed by atoms with Crippen molar-refractivity contribution in [1.82, 2.24) is 0 Å². The number of methoxy groups -OCH3 is 1. The molecule has 1 atom stereocenters. The smallest absolute Gasteiger partial charge is 0.268 e. The van der Waals surface area contributed by atoms with Crippen molar-refractivity contribution in [2.75, 3.05) is 24.4 Å². The first kappa shape index (κ1) is 18.5. The fourth-order valence-electron chi connectivity index (χ4n) is 2.54. The zero-order chi connectivity index (χ0) is 19.2. The third-order valence-electron chi connectivity index (χ3n) is 3.83. The topological polar surface area (TPSA) is 89.0 Å². The Labute approximate surface area is 155 Å². The van der Waals surface area contributed by atoms with E-state index in [4.69, 9.17) is 9.57 Å². The number of anilines is 2. The zero-order valence-electron chi connectivity index (χ0n) is 14.6. The molecule has 0 spiro atoms. The third-order valence-corrected chi connectivity index (χ3v) is 3.83. The average molecular weight is 371 g/mol. The van der Waals surface area contributed by atoms with Crippen LogP contribution in [0.4, 0.5) is 15.8 Å². The molecule has 2 aromatic carbocycles. The Balaban J connectivity index is 1.55. The van der Waals surface area contributed by atoms with Crippen LogP contribution in [0.2, 0.25) is 0 Å². The van der Waals surface area contributed by atoms with Gasteiger partial charge in [0.1, 0.15) is 12.4 Å². The molecular weight excluding hydrogens is 353 g/mol. The molecule has 0 fully saturated rings. The van der Waals surface area contributed by atoms with Crippen LogP contribution in [-0.2, 0) is 19.2 Å². The van der Waals surface area contributed by atoms with Crippen molar-refractivity contribution >= 4 is 28.9 Å². The molecule has 1 heterocycles. The summed E-state index contributed by atoms with van der Waals surface area (Å²) in [5.41, 5.74) is 2.24. The fourth-order valence-corrected chi connectivity index (χ4v) is 2.54. The largest absolute Gasteiger partial charge is 0.382 e. The first-order valence-corrected chi connectivity index (χ1v) is 8.23. The molecule has 1 aliphatic heterocycles. The number of benzene rings is 2. The molecule has 0 saturated carbocycles. The van der Waals surface area contributed by atoms with Crippen LogP contribution in [0.3, 0.4) is 0 Å². The number of nitrogens with zero attached hydrogens (tertiary/aromatic N) is 1. The summed E-state index contributed by atoms with van der Waals surface area (Å²) in [6.45, 7) is -0.0366. The Kier molecular flexibility index (Phi) is 5.77. The minimum absolute atomic E-state index is 0.0366. The van der Waals surface area contributed by atoms with Crippen LogP contribution in [0.1, 0.15) is 12.0 Å². The molecule has 0 aliphatic carbocycles. The highest BCUT2D eigenvalue weighted by molar-refractivity contribution is 6.06. The number of rotatable bonds is 6. The molecule has 1 unspecified atom stereocenters. The van der Waals surface area contributed by atoms with Crippen molar-refractivity contribution in [1.29, 1.82) is 0 Å². The molecule has 1 aliphatic rings. The lowest BCUT2D eigenvalue weighted by Gasteiger charge is -2.10. The number of halogens is 1. The van der Waals surface area contributed by atoms with Gasteiger partial charge in [-0.15, -0.1) is 0 Å². The van der Waals surface area contributed by atoms with Crippen molar-refractivity contribution in [3.05, 3.63) is 59.9 Å². The Morgan fingerprint density at radius 2 is 1.89 bits per heavy atom. The van der Waals surface area contributed by atoms with Crippen molar-refractivity contribution in [2.24, 2.45) is 5.16 Å². The van der Waals surface area contributed by atoms with E-state index in [0.717, 1.165) is 0 Å². The fraction of sp³-hybridized carbons (Fsp3) is 0.211. The highest BCUT2D eigenvalue weighted by atomic mass is 19.1. The van der Waals surface area contributed by atoms with Crippen molar-refractivity contribution in [3.8, 4) is 0 Å². The van der Waals surface area contributed by atoms with Crippen molar-refractivity contribution in [2.45, 2.75) is 12.5 Å². The van der Waals surface area contributed by atoms with Gasteiger partial charge in [0.25, 0.3) is 5.91 Å². The molecule has 140 valence electrons. The van der Waals surface area contributed by atoms with Gasteiger partial charge in [0.2, 0.25) is 12.0 Å². The number of amides is 2. The van der Waals surface area contributed by atoms with Crippen LogP contribution in [0, 0.1) is 5.82 Å². The third kappa shape index (κ3) is 4.89. The summed E-state index contributed by atoms with van der Waals surface area (Å²) in [5.74, 6) is -1.00. The van der Waals surface area contributed by atoms with E-state index >= 15 is 0 Å². The van der Waals surface area contributed by atoms with Crippen LogP contribution in [0.25, 0.3) is 0 Å². The van der Waals surface area contributed by atoms with E-state index in [1.165, 1.54) is 19.2 Å². The van der Waals surface area contributed by atoms with Gasteiger partial charge < -0.3 is 20.2 Å². The summed E-state index contributed by atoms with van der Waals surface area (Å²) in [5, 5.41) is 9.27. The number of carbonyl (C=O) groups excluding carboxylic acids is 2. The summed E-state index contributed by atoms with van der Waals surface area (Å²) in [6.07, 6.45) is -0.537. The molecule has 2 amide bonds. The lowest BCUT2D eigenvalue weighted by molar-refractivity contribution is -0.125. The second kappa shape index (κ2) is 8.41. The van der Waals surface area contributed by atoms with Crippen LogP contribution < -0.4 is 10.6 Å². The zero-order valence-corrected chi connectivity index (χ0v) is 14.6. The Morgan fingerprint density at radius 1 is 1.19 bits per heavy atom. The van der Waals surface area contributed by atoms with Gasteiger partial charge in [-0.3, -0.25) is 9.59 Å². The van der Waals surface area contributed by atoms with Crippen LogP contribution in [0.5, 0.6) is 0 Å². The number of oxime groups is 1. The standard InChI is InChI=1S/C19H18FN3O4/c1-26-11-18(24)21-14-5-7-15(8-6-14)22-19(25)17-10-16(23-27-17)12-3-2-4-13(20)9-12/h2-9,17H,10-11H2,1H3,(H,21,24)(H,22,25). The van der Waals surface area contributed by atoms with Gasteiger partial charge in [-0.05, 0) is 36.4 Å². The first-order chi connectivity index (χ1) is 13.0. The molecule has 8 heteroatoms. The molecule has 0 radical (unpaired) electrons. The molecule has 0 aromatic heterocycles. The van der Waals surface area contributed by atoms with Gasteiger partial charge in [-0.25, -0.2) is 4.39 Å². The maximum atomic E-state index is 13.3. The Morgan fingerprint density at radius 3 is 2.56 bits per heavy atom. The predicted octanol–water partition coefficient (Wildman–Crippen LogP) is 2.54. The van der Waals surface area contributed by atoms with E-state index in [-0.39, 0.29) is 30.7 Å². The van der Waals surface area contributed by atoms with E-state index in [2.05, 4.69) is 15.8 Å². The molecule has 0 bridgehead atoms. The molecule has 2 N–H and O–H groups in total. The van der Waals surface area contributed by atoms with Crippen molar-refractivity contribution in [3.63, 3.8) is 0 Å². The summed E-state index contributed by atoms with van der Waals surface area (Å²) in [4.78, 5) is 29.0. The highest BCUT2D eigenvalue weighted by Crippen LogP contribution is 2.20. The van der Waals surface area contributed by atoms with Crippen molar-refractivity contribution < 1.29 is 23.6 Å². The molecule has 2 aromatic rings. The monoisotopic (exact) mass is 371 g/mol. The molecule has 27 heavy (non-hydrogen) atoms. The second-order valence-electron chi connectivity index (χ2n) is 5.89. The summed E-state index contributed by atoms with van der Waals surface area (Å²) < 4.78 is 18.1. The lowest BCUT2D eigenvalue weighted by Crippen LogP contribution is -2.28. The first-order valence-electron chi connectivity index (χ1n) is 8.23. The van der Waals surface area contributed by atoms with E-state index in [9.17, 15) is 14.0 Å². The maximum absolute atomic E-state index is 13.3.